The summed E-state index contributed by atoms with van der Waals surface area (Å²) in [4.78, 5) is 4.22. The molecular weight excluding hydrogens is 288 g/mol. The van der Waals surface area contributed by atoms with Crippen molar-refractivity contribution in [3.63, 3.8) is 0 Å². The molecule has 2 heterocycles. The predicted molar refractivity (Wildman–Crippen MR) is 73.1 cm³/mol. The highest BCUT2D eigenvalue weighted by Gasteiger charge is 2.15. The molecule has 0 aliphatic heterocycles. The number of benzene rings is 1. The summed E-state index contributed by atoms with van der Waals surface area (Å²) >= 11 is 12.0. The van der Waals surface area contributed by atoms with E-state index < -0.39 is 0 Å². The van der Waals surface area contributed by atoms with Crippen LogP contribution < -0.4 is 0 Å². The monoisotopic (exact) mass is 295 g/mol. The first kappa shape index (κ1) is 12.4. The molecule has 0 fully saturated rings. The van der Waals surface area contributed by atoms with Crippen molar-refractivity contribution in [2.24, 2.45) is 0 Å². The number of aromatic nitrogens is 3. The van der Waals surface area contributed by atoms with Crippen molar-refractivity contribution in [1.29, 1.82) is 0 Å². The minimum absolute atomic E-state index is 0.273. The van der Waals surface area contributed by atoms with Gasteiger partial charge in [-0.05, 0) is 24.6 Å². The third-order valence-electron chi connectivity index (χ3n) is 2.80. The van der Waals surface area contributed by atoms with Gasteiger partial charge in [0.2, 0.25) is 0 Å². The lowest BCUT2D eigenvalue weighted by atomic mass is 10.1. The Kier molecular flexibility index (Phi) is 2.92. The fourth-order valence-electron chi connectivity index (χ4n) is 2.04. The smallest absolute Gasteiger partial charge is 0.166 e. The minimum Gasteiger partial charge on any atom is -0.216 e. The van der Waals surface area contributed by atoms with Crippen molar-refractivity contribution in [3.05, 3.63) is 52.1 Å². The van der Waals surface area contributed by atoms with E-state index in [0.29, 0.717) is 22.1 Å². The first-order valence-electron chi connectivity index (χ1n) is 5.53. The van der Waals surface area contributed by atoms with E-state index in [9.17, 15) is 4.39 Å². The lowest BCUT2D eigenvalue weighted by Crippen LogP contribution is -1.92. The maximum Gasteiger partial charge on any atom is 0.166 e. The molecule has 0 atom stereocenters. The van der Waals surface area contributed by atoms with Crippen LogP contribution in [0.15, 0.2) is 30.3 Å². The van der Waals surface area contributed by atoms with Gasteiger partial charge in [-0.3, -0.25) is 0 Å². The first-order valence-corrected chi connectivity index (χ1v) is 6.29. The number of aryl methyl sites for hydroxylation is 1. The summed E-state index contributed by atoms with van der Waals surface area (Å²) in [5.41, 5.74) is 2.64. The van der Waals surface area contributed by atoms with Crippen LogP contribution in [-0.2, 0) is 0 Å². The highest BCUT2D eigenvalue weighted by molar-refractivity contribution is 6.33. The topological polar surface area (TPSA) is 30.2 Å². The van der Waals surface area contributed by atoms with Crippen LogP contribution in [0.2, 0.25) is 10.3 Å². The average molecular weight is 296 g/mol. The van der Waals surface area contributed by atoms with E-state index in [4.69, 9.17) is 23.2 Å². The number of rotatable bonds is 1. The molecule has 1 aromatic carbocycles. The van der Waals surface area contributed by atoms with Gasteiger partial charge in [0.15, 0.2) is 5.65 Å². The summed E-state index contributed by atoms with van der Waals surface area (Å²) < 4.78 is 14.8. The summed E-state index contributed by atoms with van der Waals surface area (Å²) in [7, 11) is 0. The van der Waals surface area contributed by atoms with Crippen molar-refractivity contribution in [2.45, 2.75) is 6.92 Å². The van der Waals surface area contributed by atoms with Crippen LogP contribution in [0.4, 0.5) is 4.39 Å². The highest BCUT2D eigenvalue weighted by atomic mass is 35.5. The van der Waals surface area contributed by atoms with E-state index in [2.05, 4.69) is 10.1 Å². The van der Waals surface area contributed by atoms with E-state index in [1.54, 1.807) is 12.1 Å². The van der Waals surface area contributed by atoms with Gasteiger partial charge in [-0.1, -0.05) is 35.3 Å². The SMILES string of the molecule is Cc1nn2c(Cl)cc(Cl)nc2c1-c1cccc(F)c1. The summed E-state index contributed by atoms with van der Waals surface area (Å²) in [6, 6.07) is 7.76. The molecule has 6 heteroatoms. The normalized spacial score (nSPS) is 11.2. The Morgan fingerprint density at radius 2 is 2.00 bits per heavy atom. The van der Waals surface area contributed by atoms with Crippen molar-refractivity contribution >= 4 is 28.8 Å². The number of hydrogen-bond acceptors (Lipinski definition) is 2. The Labute approximate surface area is 118 Å². The summed E-state index contributed by atoms with van der Waals surface area (Å²) in [5, 5.41) is 4.94. The van der Waals surface area contributed by atoms with Crippen LogP contribution in [0.5, 0.6) is 0 Å². The molecule has 2 aromatic heterocycles. The zero-order valence-corrected chi connectivity index (χ0v) is 11.4. The second-order valence-electron chi connectivity index (χ2n) is 4.11. The van der Waals surface area contributed by atoms with E-state index in [-0.39, 0.29) is 11.0 Å². The maximum atomic E-state index is 13.3. The molecule has 0 radical (unpaired) electrons. The Bertz CT molecular complexity index is 783. The molecule has 3 aromatic rings. The van der Waals surface area contributed by atoms with Crippen LogP contribution in [0.1, 0.15) is 5.69 Å². The van der Waals surface area contributed by atoms with E-state index in [1.165, 1.54) is 22.7 Å². The van der Waals surface area contributed by atoms with Crippen molar-refractivity contribution in [3.8, 4) is 11.1 Å². The van der Waals surface area contributed by atoms with Crippen LogP contribution in [0.3, 0.4) is 0 Å². The maximum absolute atomic E-state index is 13.3. The Morgan fingerprint density at radius 3 is 2.74 bits per heavy atom. The zero-order valence-electron chi connectivity index (χ0n) is 9.86. The molecule has 0 bridgehead atoms. The third kappa shape index (κ3) is 2.07. The molecule has 0 N–H and O–H groups in total. The Balaban J connectivity index is 2.38. The summed E-state index contributed by atoms with van der Waals surface area (Å²) in [6.07, 6.45) is 0. The number of nitrogens with zero attached hydrogens (tertiary/aromatic N) is 3. The van der Waals surface area contributed by atoms with Gasteiger partial charge in [-0.2, -0.15) is 5.10 Å². The Hall–Kier alpha value is -1.65. The third-order valence-corrected chi connectivity index (χ3v) is 3.27. The lowest BCUT2D eigenvalue weighted by Gasteiger charge is -2.01. The molecule has 0 unspecified atom stereocenters. The quantitative estimate of drug-likeness (QED) is 0.631. The van der Waals surface area contributed by atoms with Crippen LogP contribution in [0.25, 0.3) is 16.8 Å². The summed E-state index contributed by atoms with van der Waals surface area (Å²) in [5.74, 6) is -0.315. The standard InChI is InChI=1S/C13H8Cl2FN3/c1-7-12(8-3-2-4-9(16)5-8)13-17-10(14)6-11(15)19(13)18-7/h2-6H,1H3. The van der Waals surface area contributed by atoms with Crippen LogP contribution in [-0.4, -0.2) is 14.6 Å². The van der Waals surface area contributed by atoms with E-state index >= 15 is 0 Å². The molecule has 3 nitrogen and oxygen atoms in total. The van der Waals surface area contributed by atoms with Gasteiger partial charge in [-0.15, -0.1) is 0 Å². The molecular formula is C13H8Cl2FN3. The van der Waals surface area contributed by atoms with Crippen LogP contribution in [0, 0.1) is 12.7 Å². The zero-order chi connectivity index (χ0) is 13.6. The molecule has 3 rings (SSSR count). The van der Waals surface area contributed by atoms with Gasteiger partial charge in [0.25, 0.3) is 0 Å². The Morgan fingerprint density at radius 1 is 1.21 bits per heavy atom. The van der Waals surface area contributed by atoms with Gasteiger partial charge in [0.1, 0.15) is 16.1 Å². The van der Waals surface area contributed by atoms with Gasteiger partial charge in [0, 0.05) is 11.6 Å². The molecule has 0 saturated carbocycles. The number of halogens is 3. The predicted octanol–water partition coefficient (Wildman–Crippen LogP) is 4.15. The fourth-order valence-corrected chi connectivity index (χ4v) is 2.50. The number of hydrogen-bond donors (Lipinski definition) is 0. The second-order valence-corrected chi connectivity index (χ2v) is 4.88. The van der Waals surface area contributed by atoms with Gasteiger partial charge >= 0.3 is 0 Å². The second kappa shape index (κ2) is 4.47. The van der Waals surface area contributed by atoms with Crippen molar-refractivity contribution in [2.75, 3.05) is 0 Å². The summed E-state index contributed by atoms with van der Waals surface area (Å²) in [6.45, 7) is 1.82. The van der Waals surface area contributed by atoms with Gasteiger partial charge < -0.3 is 0 Å². The molecule has 0 aliphatic rings. The van der Waals surface area contributed by atoms with Gasteiger partial charge in [0.05, 0.1) is 5.69 Å². The average Bonchev–Trinajstić information content (AvgIpc) is 2.66. The molecule has 0 aliphatic carbocycles. The van der Waals surface area contributed by atoms with E-state index in [0.717, 1.165) is 5.56 Å². The lowest BCUT2D eigenvalue weighted by molar-refractivity contribution is 0.628. The highest BCUT2D eigenvalue weighted by Crippen LogP contribution is 2.30. The first-order chi connectivity index (χ1) is 9.06. The largest absolute Gasteiger partial charge is 0.216 e. The molecule has 96 valence electrons. The van der Waals surface area contributed by atoms with E-state index in [1.807, 2.05) is 6.92 Å². The fraction of sp³-hybridized carbons (Fsp3) is 0.0769. The minimum atomic E-state index is -0.315. The molecule has 19 heavy (non-hydrogen) atoms. The van der Waals surface area contributed by atoms with Crippen LogP contribution >= 0.6 is 23.2 Å². The number of fused-ring (bicyclic) bond motifs is 1. The molecule has 0 amide bonds. The van der Waals surface area contributed by atoms with Crippen molar-refractivity contribution < 1.29 is 4.39 Å². The molecule has 0 spiro atoms. The van der Waals surface area contributed by atoms with Crippen molar-refractivity contribution in [1.82, 2.24) is 14.6 Å². The van der Waals surface area contributed by atoms with Gasteiger partial charge in [-0.25, -0.2) is 13.9 Å². The molecule has 0 saturated heterocycles.